The van der Waals surface area contributed by atoms with Crippen LogP contribution in [0.1, 0.15) is 22.8 Å². The summed E-state index contributed by atoms with van der Waals surface area (Å²) in [6, 6.07) is 19.8. The van der Waals surface area contributed by atoms with Gasteiger partial charge in [0.2, 0.25) is 5.75 Å². The van der Waals surface area contributed by atoms with Crippen molar-refractivity contribution >= 4 is 17.6 Å². The molecule has 178 valence electrons. The van der Waals surface area contributed by atoms with Crippen LogP contribution in [0.4, 0.5) is 5.69 Å². The first-order valence-corrected chi connectivity index (χ1v) is 10.5. The molecule has 1 unspecified atom stereocenters. The predicted molar refractivity (Wildman–Crippen MR) is 127 cm³/mol. The van der Waals surface area contributed by atoms with Gasteiger partial charge in [-0.3, -0.25) is 4.79 Å². The van der Waals surface area contributed by atoms with Crippen LogP contribution in [0.2, 0.25) is 0 Å². The Labute approximate surface area is 198 Å². The van der Waals surface area contributed by atoms with Crippen molar-refractivity contribution in [1.29, 1.82) is 0 Å². The van der Waals surface area contributed by atoms with E-state index in [0.29, 0.717) is 23.8 Å². The van der Waals surface area contributed by atoms with E-state index in [1.807, 2.05) is 30.3 Å². The quantitative estimate of drug-likeness (QED) is 0.442. The van der Waals surface area contributed by atoms with Gasteiger partial charge in [0.05, 0.1) is 21.3 Å². The summed E-state index contributed by atoms with van der Waals surface area (Å²) in [5, 5.41) is 2.72. The third kappa shape index (κ3) is 5.98. The number of amides is 1. The fourth-order valence-corrected chi connectivity index (χ4v) is 3.16. The molecule has 0 radical (unpaired) electrons. The average molecular weight is 466 g/mol. The molecular formula is C26H27NO7. The summed E-state index contributed by atoms with van der Waals surface area (Å²) in [4.78, 5) is 25.3. The molecule has 0 bridgehead atoms. The van der Waals surface area contributed by atoms with Gasteiger partial charge < -0.3 is 29.0 Å². The molecule has 0 fully saturated rings. The predicted octanol–water partition coefficient (Wildman–Crippen LogP) is 4.48. The van der Waals surface area contributed by atoms with Crippen molar-refractivity contribution in [3.8, 4) is 23.0 Å². The smallest absolute Gasteiger partial charge is 0.342 e. The normalized spacial score (nSPS) is 11.2. The minimum absolute atomic E-state index is 0.111. The maximum atomic E-state index is 12.7. The van der Waals surface area contributed by atoms with E-state index in [0.717, 1.165) is 5.56 Å². The fraction of sp³-hybridized carbons (Fsp3) is 0.231. The number of rotatable bonds is 10. The van der Waals surface area contributed by atoms with Crippen LogP contribution in [0.25, 0.3) is 0 Å². The molecule has 0 aliphatic heterocycles. The van der Waals surface area contributed by atoms with E-state index in [-0.39, 0.29) is 17.1 Å². The Bertz CT molecular complexity index is 1110. The van der Waals surface area contributed by atoms with E-state index in [1.54, 1.807) is 30.3 Å². The molecule has 3 aromatic carbocycles. The number of carbonyl (C=O) groups is 2. The lowest BCUT2D eigenvalue weighted by Crippen LogP contribution is -2.30. The largest absolute Gasteiger partial charge is 0.493 e. The summed E-state index contributed by atoms with van der Waals surface area (Å²) in [6.45, 7) is 1.93. The second kappa shape index (κ2) is 11.6. The Hall–Kier alpha value is -4.20. The second-order valence-corrected chi connectivity index (χ2v) is 7.22. The van der Waals surface area contributed by atoms with Crippen molar-refractivity contribution in [3.63, 3.8) is 0 Å². The molecule has 0 spiro atoms. The molecule has 0 aliphatic rings. The molecule has 8 heteroatoms. The van der Waals surface area contributed by atoms with Gasteiger partial charge in [0, 0.05) is 5.69 Å². The van der Waals surface area contributed by atoms with E-state index in [1.165, 1.54) is 34.3 Å². The highest BCUT2D eigenvalue weighted by Gasteiger charge is 2.25. The molecule has 1 N–H and O–H groups in total. The zero-order valence-corrected chi connectivity index (χ0v) is 19.5. The molecule has 3 aromatic rings. The van der Waals surface area contributed by atoms with Gasteiger partial charge in [0.15, 0.2) is 17.6 Å². The first kappa shape index (κ1) is 24.4. The number of hydrogen-bond acceptors (Lipinski definition) is 7. The lowest BCUT2D eigenvalue weighted by atomic mass is 10.1. The number of benzene rings is 3. The van der Waals surface area contributed by atoms with Gasteiger partial charge in [-0.2, -0.15) is 0 Å². The number of hydrogen-bond donors (Lipinski definition) is 1. The second-order valence-electron chi connectivity index (χ2n) is 7.22. The van der Waals surface area contributed by atoms with E-state index in [2.05, 4.69) is 5.32 Å². The lowest BCUT2D eigenvalue weighted by molar-refractivity contribution is -0.123. The number of methoxy groups -OCH3 is 3. The number of nitrogens with one attached hydrogen (secondary N) is 1. The molecule has 1 atom stereocenters. The molecule has 0 saturated carbocycles. The van der Waals surface area contributed by atoms with Crippen molar-refractivity contribution in [2.45, 2.75) is 19.6 Å². The first-order valence-electron chi connectivity index (χ1n) is 10.5. The fourth-order valence-electron chi connectivity index (χ4n) is 3.16. The van der Waals surface area contributed by atoms with E-state index < -0.39 is 18.0 Å². The maximum Gasteiger partial charge on any atom is 0.342 e. The SMILES string of the molecule is COc1ccc(C(=O)OC(C)C(=O)Nc2ccc(OCc3ccccc3)cc2)c(OC)c1OC. The van der Waals surface area contributed by atoms with Gasteiger partial charge in [-0.1, -0.05) is 30.3 Å². The van der Waals surface area contributed by atoms with Gasteiger partial charge in [-0.15, -0.1) is 0 Å². The number of carbonyl (C=O) groups excluding carboxylic acids is 2. The van der Waals surface area contributed by atoms with Crippen molar-refractivity contribution < 1.29 is 33.3 Å². The molecule has 0 saturated heterocycles. The average Bonchev–Trinajstić information content (AvgIpc) is 2.87. The van der Waals surface area contributed by atoms with E-state index >= 15 is 0 Å². The van der Waals surface area contributed by atoms with Crippen LogP contribution in [0.5, 0.6) is 23.0 Å². The zero-order valence-electron chi connectivity index (χ0n) is 19.5. The summed E-state index contributed by atoms with van der Waals surface area (Å²) < 4.78 is 26.9. The van der Waals surface area contributed by atoms with Crippen LogP contribution in [0, 0.1) is 0 Å². The van der Waals surface area contributed by atoms with Crippen LogP contribution >= 0.6 is 0 Å². The first-order chi connectivity index (χ1) is 16.5. The Morgan fingerprint density at radius 1 is 0.824 bits per heavy atom. The molecule has 0 aromatic heterocycles. The van der Waals surface area contributed by atoms with Gasteiger partial charge in [0.25, 0.3) is 5.91 Å². The molecule has 34 heavy (non-hydrogen) atoms. The number of anilines is 1. The van der Waals surface area contributed by atoms with Crippen molar-refractivity contribution in [1.82, 2.24) is 0 Å². The molecule has 0 aliphatic carbocycles. The standard InChI is InChI=1S/C26H27NO7/c1-17(34-26(29)21-14-15-22(30-2)24(32-4)23(21)31-3)25(28)27-19-10-12-20(13-11-19)33-16-18-8-6-5-7-9-18/h5-15,17H,16H2,1-4H3,(H,27,28). The molecular weight excluding hydrogens is 438 g/mol. The summed E-state index contributed by atoms with van der Waals surface area (Å²) in [6.07, 6.45) is -1.06. The summed E-state index contributed by atoms with van der Waals surface area (Å²) in [5.41, 5.74) is 1.71. The molecule has 3 rings (SSSR count). The van der Waals surface area contributed by atoms with Crippen LogP contribution in [0.3, 0.4) is 0 Å². The van der Waals surface area contributed by atoms with Gasteiger partial charge in [-0.25, -0.2) is 4.79 Å². The van der Waals surface area contributed by atoms with E-state index in [9.17, 15) is 9.59 Å². The maximum absolute atomic E-state index is 12.7. The summed E-state index contributed by atoms with van der Waals surface area (Å²) >= 11 is 0. The van der Waals surface area contributed by atoms with Crippen molar-refractivity contribution in [2.24, 2.45) is 0 Å². The molecule has 1 amide bonds. The minimum atomic E-state index is -1.06. The highest BCUT2D eigenvalue weighted by molar-refractivity contribution is 5.99. The monoisotopic (exact) mass is 465 g/mol. The molecule has 8 nitrogen and oxygen atoms in total. The van der Waals surface area contributed by atoms with Gasteiger partial charge in [0.1, 0.15) is 17.9 Å². The van der Waals surface area contributed by atoms with Gasteiger partial charge >= 0.3 is 5.97 Å². The Balaban J connectivity index is 1.59. The van der Waals surface area contributed by atoms with Crippen LogP contribution in [0.15, 0.2) is 66.7 Å². The highest BCUT2D eigenvalue weighted by Crippen LogP contribution is 2.40. The van der Waals surface area contributed by atoms with E-state index in [4.69, 9.17) is 23.7 Å². The zero-order chi connectivity index (χ0) is 24.5. The van der Waals surface area contributed by atoms with Gasteiger partial charge in [-0.05, 0) is 48.9 Å². The summed E-state index contributed by atoms with van der Waals surface area (Å²) in [7, 11) is 4.31. The van der Waals surface area contributed by atoms with Crippen molar-refractivity contribution in [2.75, 3.05) is 26.6 Å². The van der Waals surface area contributed by atoms with Crippen molar-refractivity contribution in [3.05, 3.63) is 77.9 Å². The summed E-state index contributed by atoms with van der Waals surface area (Å²) in [5.74, 6) is 0.271. The third-order valence-corrected chi connectivity index (χ3v) is 4.95. The molecule has 0 heterocycles. The Morgan fingerprint density at radius 2 is 1.50 bits per heavy atom. The Morgan fingerprint density at radius 3 is 2.12 bits per heavy atom. The van der Waals surface area contributed by atoms with Crippen LogP contribution in [-0.2, 0) is 16.1 Å². The number of ether oxygens (including phenoxy) is 5. The minimum Gasteiger partial charge on any atom is -0.493 e. The third-order valence-electron chi connectivity index (χ3n) is 4.95. The van der Waals surface area contributed by atoms with Crippen LogP contribution in [-0.4, -0.2) is 39.3 Å². The topological polar surface area (TPSA) is 92.3 Å². The lowest BCUT2D eigenvalue weighted by Gasteiger charge is -2.17. The number of esters is 1. The highest BCUT2D eigenvalue weighted by atomic mass is 16.6. The van der Waals surface area contributed by atoms with Crippen LogP contribution < -0.4 is 24.3 Å². The Kier molecular flexibility index (Phi) is 8.34.